The second-order valence-electron chi connectivity index (χ2n) is 11.2. The minimum Gasteiger partial charge on any atom is -0.543 e. The number of rotatable bonds is 8. The average molecular weight is 525 g/mol. The van der Waals surface area contributed by atoms with Crippen molar-refractivity contribution in [2.45, 2.75) is 38.9 Å². The van der Waals surface area contributed by atoms with E-state index in [9.17, 15) is 4.79 Å². The fourth-order valence-electron chi connectivity index (χ4n) is 3.79. The molecule has 0 aliphatic rings. The maximum absolute atomic E-state index is 13.9. The fraction of sp³-hybridized carbons (Fsp3) is 0.250. The Bertz CT molecular complexity index is 1380. The van der Waals surface area contributed by atoms with Crippen LogP contribution >= 0.6 is 0 Å². The van der Waals surface area contributed by atoms with Gasteiger partial charge < -0.3 is 13.7 Å². The van der Waals surface area contributed by atoms with Gasteiger partial charge in [0, 0.05) is 37.0 Å². The van der Waals surface area contributed by atoms with Gasteiger partial charge in [0.1, 0.15) is 17.0 Å². The number of oxazole rings is 1. The highest BCUT2D eigenvalue weighted by atomic mass is 28.4. The van der Waals surface area contributed by atoms with Gasteiger partial charge in [0.05, 0.1) is 0 Å². The van der Waals surface area contributed by atoms with Crippen LogP contribution in [0.15, 0.2) is 95.5 Å². The summed E-state index contributed by atoms with van der Waals surface area (Å²) in [5.74, 6) is 1.42. The zero-order valence-corrected chi connectivity index (χ0v) is 24.3. The number of hydrogen-bond donors (Lipinski definition) is 0. The summed E-state index contributed by atoms with van der Waals surface area (Å²) >= 11 is 0. The van der Waals surface area contributed by atoms with E-state index in [4.69, 9.17) is 13.8 Å². The van der Waals surface area contributed by atoms with Crippen LogP contribution in [-0.2, 0) is 0 Å². The summed E-state index contributed by atoms with van der Waals surface area (Å²) in [6.07, 6.45) is 1.76. The zero-order valence-electron chi connectivity index (χ0n) is 23.3. The lowest BCUT2D eigenvalue weighted by molar-refractivity contribution is 0.105. The van der Waals surface area contributed by atoms with Gasteiger partial charge in [0.15, 0.2) is 11.5 Å². The molecule has 0 spiro atoms. The van der Waals surface area contributed by atoms with Crippen LogP contribution in [0.4, 0.5) is 0 Å². The van der Waals surface area contributed by atoms with Crippen LogP contribution in [0.1, 0.15) is 37.0 Å². The van der Waals surface area contributed by atoms with E-state index in [1.54, 1.807) is 6.20 Å². The Balaban J connectivity index is 1.79. The first kappa shape index (κ1) is 27.1. The van der Waals surface area contributed by atoms with Crippen LogP contribution in [0.5, 0.6) is 5.75 Å². The van der Waals surface area contributed by atoms with Crippen molar-refractivity contribution in [2.75, 3.05) is 14.1 Å². The molecular formula is C32H36N2O3Si. The molecule has 0 N–H and O–H groups in total. The van der Waals surface area contributed by atoms with Crippen LogP contribution in [0, 0.1) is 0 Å². The Morgan fingerprint density at radius 3 is 2.08 bits per heavy atom. The van der Waals surface area contributed by atoms with Crippen LogP contribution in [0.3, 0.4) is 0 Å². The van der Waals surface area contributed by atoms with Crippen molar-refractivity contribution in [3.8, 4) is 28.3 Å². The first-order chi connectivity index (χ1) is 18.0. The first-order valence-corrected chi connectivity index (χ1v) is 15.7. The van der Waals surface area contributed by atoms with Crippen molar-refractivity contribution >= 4 is 19.7 Å². The van der Waals surface area contributed by atoms with E-state index >= 15 is 0 Å². The van der Waals surface area contributed by atoms with Crippen molar-refractivity contribution in [3.63, 3.8) is 0 Å². The zero-order chi connectivity index (χ0) is 27.5. The van der Waals surface area contributed by atoms with Gasteiger partial charge in [0.25, 0.3) is 0 Å². The second-order valence-corrected chi connectivity index (χ2v) is 15.9. The molecule has 4 rings (SSSR count). The van der Waals surface area contributed by atoms with Gasteiger partial charge in [-0.25, -0.2) is 4.98 Å². The predicted octanol–water partition coefficient (Wildman–Crippen LogP) is 8.18. The number of carbonyl (C=O) groups excluding carboxylic acids is 1. The predicted molar refractivity (Wildman–Crippen MR) is 158 cm³/mol. The molecule has 0 atom stereocenters. The van der Waals surface area contributed by atoms with E-state index in [0.717, 1.165) is 11.1 Å². The lowest BCUT2D eigenvalue weighted by Crippen LogP contribution is -2.43. The largest absolute Gasteiger partial charge is 0.543 e. The first-order valence-electron chi connectivity index (χ1n) is 12.8. The van der Waals surface area contributed by atoms with Crippen molar-refractivity contribution in [3.05, 3.63) is 103 Å². The molecule has 1 aromatic heterocycles. The lowest BCUT2D eigenvalue weighted by Gasteiger charge is -2.36. The minimum atomic E-state index is -2.06. The van der Waals surface area contributed by atoms with Gasteiger partial charge in [0.2, 0.25) is 14.2 Å². The van der Waals surface area contributed by atoms with Crippen molar-refractivity contribution < 1.29 is 13.6 Å². The fourth-order valence-corrected chi connectivity index (χ4v) is 4.81. The highest BCUT2D eigenvalue weighted by molar-refractivity contribution is 6.74. The monoisotopic (exact) mass is 524 g/mol. The van der Waals surface area contributed by atoms with E-state index in [1.807, 2.05) is 104 Å². The molecule has 0 fully saturated rings. The Hall–Kier alpha value is -3.90. The number of hydrogen-bond acceptors (Lipinski definition) is 5. The Labute approximate surface area is 226 Å². The number of Topliss-reactive ketones (excluding diaryl/α,β-unsaturated/α-hetero) is 1. The summed E-state index contributed by atoms with van der Waals surface area (Å²) in [7, 11) is 1.69. The van der Waals surface area contributed by atoms with E-state index in [2.05, 4.69) is 33.9 Å². The standard InChI is InChI=1S/C32H36N2O3Si/c1-32(2,3)38(6,7)37-26-20-14-19-25(21-26)29(35)27(22-34(4)5)31-33-28(23-15-10-8-11-16-23)30(36-31)24-17-12-9-13-18-24/h8-22H,1-7H3. The van der Waals surface area contributed by atoms with E-state index in [-0.39, 0.29) is 16.7 Å². The number of ketones is 1. The van der Waals surface area contributed by atoms with E-state index in [1.165, 1.54) is 0 Å². The van der Waals surface area contributed by atoms with Gasteiger partial charge in [-0.2, -0.15) is 0 Å². The molecule has 4 aromatic rings. The molecule has 0 aliphatic heterocycles. The van der Waals surface area contributed by atoms with Crippen LogP contribution in [0.2, 0.25) is 18.1 Å². The maximum atomic E-state index is 13.9. The third-order valence-corrected chi connectivity index (χ3v) is 11.2. The smallest absolute Gasteiger partial charge is 0.250 e. The second kappa shape index (κ2) is 10.8. The molecule has 0 bridgehead atoms. The van der Waals surface area contributed by atoms with Crippen molar-refractivity contribution in [1.82, 2.24) is 9.88 Å². The molecule has 0 amide bonds. The molecule has 0 aliphatic carbocycles. The molecule has 0 saturated carbocycles. The third-order valence-electron chi connectivity index (χ3n) is 6.85. The van der Waals surface area contributed by atoms with Gasteiger partial charge in [-0.15, -0.1) is 0 Å². The third kappa shape index (κ3) is 5.97. The normalized spacial score (nSPS) is 12.3. The molecule has 38 heavy (non-hydrogen) atoms. The van der Waals surface area contributed by atoms with E-state index < -0.39 is 8.32 Å². The van der Waals surface area contributed by atoms with Gasteiger partial charge in [-0.1, -0.05) is 93.6 Å². The molecule has 5 nitrogen and oxygen atoms in total. The molecule has 1 heterocycles. The number of benzene rings is 3. The van der Waals surface area contributed by atoms with Crippen molar-refractivity contribution in [2.24, 2.45) is 0 Å². The number of carbonyl (C=O) groups is 1. The average Bonchev–Trinajstić information content (AvgIpc) is 3.32. The molecular weight excluding hydrogens is 488 g/mol. The highest BCUT2D eigenvalue weighted by Gasteiger charge is 2.39. The summed E-state index contributed by atoms with van der Waals surface area (Å²) in [5.41, 5.74) is 3.41. The summed E-state index contributed by atoms with van der Waals surface area (Å²) in [6.45, 7) is 11.0. The SMILES string of the molecule is CN(C)C=C(C(=O)c1cccc(O[Si](C)(C)C(C)(C)C)c1)c1nc(-c2ccccc2)c(-c2ccccc2)o1. The van der Waals surface area contributed by atoms with Crippen molar-refractivity contribution in [1.29, 1.82) is 0 Å². The highest BCUT2D eigenvalue weighted by Crippen LogP contribution is 2.38. The maximum Gasteiger partial charge on any atom is 0.250 e. The molecule has 0 saturated heterocycles. The molecule has 196 valence electrons. The Morgan fingerprint density at radius 1 is 0.895 bits per heavy atom. The van der Waals surface area contributed by atoms with Gasteiger partial charge in [-0.3, -0.25) is 4.79 Å². The van der Waals surface area contributed by atoms with Crippen LogP contribution in [-0.4, -0.2) is 38.1 Å². The number of aromatic nitrogens is 1. The van der Waals surface area contributed by atoms with E-state index in [0.29, 0.717) is 28.3 Å². The van der Waals surface area contributed by atoms with Gasteiger partial charge >= 0.3 is 0 Å². The van der Waals surface area contributed by atoms with Gasteiger partial charge in [-0.05, 0) is 30.3 Å². The summed E-state index contributed by atoms with van der Waals surface area (Å²) in [5, 5.41) is 0.0444. The molecule has 6 heteroatoms. The summed E-state index contributed by atoms with van der Waals surface area (Å²) in [4.78, 5) is 20.6. The number of nitrogens with zero attached hydrogens (tertiary/aromatic N) is 2. The van der Waals surface area contributed by atoms with Crippen LogP contribution in [0.25, 0.3) is 28.2 Å². The Morgan fingerprint density at radius 2 is 1.50 bits per heavy atom. The molecule has 0 radical (unpaired) electrons. The molecule has 0 unspecified atom stereocenters. The summed E-state index contributed by atoms with van der Waals surface area (Å²) in [6, 6.07) is 27.1. The Kier molecular flexibility index (Phi) is 7.74. The summed E-state index contributed by atoms with van der Waals surface area (Å²) < 4.78 is 12.8. The minimum absolute atomic E-state index is 0.0444. The van der Waals surface area contributed by atoms with Crippen LogP contribution < -0.4 is 4.43 Å². The lowest BCUT2D eigenvalue weighted by atomic mass is 10.0. The molecule has 3 aromatic carbocycles. The number of allylic oxidation sites excluding steroid dienone is 1. The topological polar surface area (TPSA) is 55.6 Å². The quantitative estimate of drug-likeness (QED) is 0.132.